The lowest BCUT2D eigenvalue weighted by Crippen LogP contribution is -2.30. The fourth-order valence-electron chi connectivity index (χ4n) is 6.17. The molecule has 6 nitrogen and oxygen atoms in total. The van der Waals surface area contributed by atoms with Crippen molar-refractivity contribution in [2.45, 2.75) is 227 Å². The summed E-state index contributed by atoms with van der Waals surface area (Å²) >= 11 is 0. The third-order valence-corrected chi connectivity index (χ3v) is 9.40. The average Bonchev–Trinajstić information content (AvgIpc) is 3.04. The summed E-state index contributed by atoms with van der Waals surface area (Å²) in [5.74, 6) is 1.48. The Labute approximate surface area is 304 Å². The van der Waals surface area contributed by atoms with Gasteiger partial charge in [0, 0.05) is 19.3 Å². The first-order chi connectivity index (χ1) is 23.6. The molecule has 0 aliphatic rings. The summed E-state index contributed by atoms with van der Waals surface area (Å²) in [5, 5.41) is 0. The largest absolute Gasteiger partial charge is 0.462 e. The summed E-state index contributed by atoms with van der Waals surface area (Å²) < 4.78 is 16.6. The maximum absolute atomic E-state index is 12.7. The van der Waals surface area contributed by atoms with Crippen molar-refractivity contribution in [2.75, 3.05) is 13.2 Å². The van der Waals surface area contributed by atoms with Gasteiger partial charge in [-0.1, -0.05) is 183 Å². The second kappa shape index (κ2) is 34.8. The van der Waals surface area contributed by atoms with Crippen LogP contribution >= 0.6 is 0 Å². The molecule has 1 atom stereocenters. The molecule has 0 spiro atoms. The number of rotatable bonds is 36. The van der Waals surface area contributed by atoms with Crippen LogP contribution < -0.4 is 0 Å². The Morgan fingerprint density at radius 3 is 0.878 bits per heavy atom. The summed E-state index contributed by atoms with van der Waals surface area (Å²) in [7, 11) is 0. The first-order valence-electron chi connectivity index (χ1n) is 21.1. The van der Waals surface area contributed by atoms with E-state index in [1.54, 1.807) is 0 Å². The normalized spacial score (nSPS) is 12.2. The molecule has 0 rings (SSSR count). The lowest BCUT2D eigenvalue weighted by Gasteiger charge is -2.18. The minimum atomic E-state index is -0.761. The zero-order chi connectivity index (χ0) is 36.4. The predicted octanol–water partition coefficient (Wildman–Crippen LogP) is 12.9. The molecule has 49 heavy (non-hydrogen) atoms. The van der Waals surface area contributed by atoms with E-state index in [1.165, 1.54) is 103 Å². The fourth-order valence-corrected chi connectivity index (χ4v) is 6.17. The molecule has 0 amide bonds. The van der Waals surface area contributed by atoms with Gasteiger partial charge >= 0.3 is 17.9 Å². The van der Waals surface area contributed by atoms with Gasteiger partial charge < -0.3 is 14.2 Å². The summed E-state index contributed by atoms with van der Waals surface area (Å²) in [4.78, 5) is 37.5. The van der Waals surface area contributed by atoms with Crippen LogP contribution in [0.4, 0.5) is 0 Å². The molecular weight excluding hydrogens is 612 g/mol. The Bertz CT molecular complexity index is 761. The molecule has 0 aliphatic heterocycles. The van der Waals surface area contributed by atoms with Crippen LogP contribution in [-0.2, 0) is 28.6 Å². The fraction of sp³-hybridized carbons (Fsp3) is 0.930. The maximum Gasteiger partial charge on any atom is 0.306 e. The van der Waals surface area contributed by atoms with Crippen LogP contribution in [-0.4, -0.2) is 37.2 Å². The van der Waals surface area contributed by atoms with Gasteiger partial charge in [-0.15, -0.1) is 0 Å². The second-order valence-corrected chi connectivity index (χ2v) is 16.1. The summed E-state index contributed by atoms with van der Waals surface area (Å²) in [6.07, 6.45) is 29.7. The maximum atomic E-state index is 12.7. The number of carbonyl (C=O) groups is 3. The molecule has 0 aromatic rings. The quantitative estimate of drug-likeness (QED) is 0.0369. The first-order valence-corrected chi connectivity index (χ1v) is 21.1. The standard InChI is InChI=1S/C43H82O6/c1-37(2)29-23-17-11-8-7-9-13-22-28-34-43(46)49-40(36-48-42(45)33-27-21-16-15-19-25-31-39(5)6)35-47-41(44)32-26-20-14-10-12-18-24-30-38(3)4/h37-40H,7-36H2,1-6H3/t40-/m0/s1. The Morgan fingerprint density at radius 2 is 0.592 bits per heavy atom. The van der Waals surface area contributed by atoms with Gasteiger partial charge in [0.15, 0.2) is 6.10 Å². The third-order valence-electron chi connectivity index (χ3n) is 9.40. The SMILES string of the molecule is CC(C)CCCCCCCCCCCC(=O)O[C@@H](COC(=O)CCCCCCCCCC(C)C)COC(=O)CCCCCCCCC(C)C. The van der Waals surface area contributed by atoms with Crippen LogP contribution in [0.1, 0.15) is 221 Å². The van der Waals surface area contributed by atoms with E-state index in [0.29, 0.717) is 19.3 Å². The summed E-state index contributed by atoms with van der Waals surface area (Å²) in [6.45, 7) is 13.5. The molecule has 0 aliphatic carbocycles. The Balaban J connectivity index is 4.36. The number of unbranched alkanes of at least 4 members (excludes halogenated alkanes) is 19. The van der Waals surface area contributed by atoms with Crippen LogP contribution in [0.15, 0.2) is 0 Å². The minimum absolute atomic E-state index is 0.0682. The van der Waals surface area contributed by atoms with Crippen molar-refractivity contribution in [3.05, 3.63) is 0 Å². The number of carbonyl (C=O) groups excluding carboxylic acids is 3. The molecule has 290 valence electrons. The number of esters is 3. The van der Waals surface area contributed by atoms with E-state index in [4.69, 9.17) is 14.2 Å². The zero-order valence-electron chi connectivity index (χ0n) is 33.5. The molecule has 0 fully saturated rings. The van der Waals surface area contributed by atoms with Crippen LogP contribution in [0.2, 0.25) is 0 Å². The Morgan fingerprint density at radius 1 is 0.347 bits per heavy atom. The average molecular weight is 695 g/mol. The van der Waals surface area contributed by atoms with Gasteiger partial charge in [0.1, 0.15) is 13.2 Å². The second-order valence-electron chi connectivity index (χ2n) is 16.1. The topological polar surface area (TPSA) is 78.9 Å². The third kappa shape index (κ3) is 37.5. The van der Waals surface area contributed by atoms with Crippen molar-refractivity contribution in [1.82, 2.24) is 0 Å². The van der Waals surface area contributed by atoms with Crippen molar-refractivity contribution >= 4 is 17.9 Å². The Hall–Kier alpha value is -1.59. The van der Waals surface area contributed by atoms with Gasteiger partial charge in [-0.2, -0.15) is 0 Å². The molecule has 6 heteroatoms. The van der Waals surface area contributed by atoms with E-state index >= 15 is 0 Å². The van der Waals surface area contributed by atoms with Crippen molar-refractivity contribution in [2.24, 2.45) is 17.8 Å². The van der Waals surface area contributed by atoms with E-state index in [2.05, 4.69) is 41.5 Å². The van der Waals surface area contributed by atoms with Gasteiger partial charge in [0.05, 0.1) is 0 Å². The molecule has 0 unspecified atom stereocenters. The first kappa shape index (κ1) is 47.4. The molecule has 0 N–H and O–H groups in total. The Kier molecular flexibility index (Phi) is 33.7. The lowest BCUT2D eigenvalue weighted by atomic mass is 10.0. The smallest absolute Gasteiger partial charge is 0.306 e. The molecule has 0 heterocycles. The van der Waals surface area contributed by atoms with Gasteiger partial charge in [-0.3, -0.25) is 14.4 Å². The van der Waals surface area contributed by atoms with Gasteiger partial charge in [0.2, 0.25) is 0 Å². The van der Waals surface area contributed by atoms with E-state index in [9.17, 15) is 14.4 Å². The highest BCUT2D eigenvalue weighted by atomic mass is 16.6. The summed E-state index contributed by atoms with van der Waals surface area (Å²) in [5.41, 5.74) is 0. The van der Waals surface area contributed by atoms with Crippen LogP contribution in [0, 0.1) is 17.8 Å². The minimum Gasteiger partial charge on any atom is -0.462 e. The summed E-state index contributed by atoms with van der Waals surface area (Å²) in [6, 6.07) is 0. The lowest BCUT2D eigenvalue weighted by molar-refractivity contribution is -0.167. The molecule has 0 radical (unpaired) electrons. The molecular formula is C43H82O6. The number of hydrogen-bond donors (Lipinski definition) is 0. The van der Waals surface area contributed by atoms with Gasteiger partial charge in [-0.05, 0) is 37.0 Å². The molecule has 0 aromatic heterocycles. The van der Waals surface area contributed by atoms with E-state index in [-0.39, 0.29) is 31.1 Å². The van der Waals surface area contributed by atoms with Crippen molar-refractivity contribution < 1.29 is 28.6 Å². The van der Waals surface area contributed by atoms with E-state index in [0.717, 1.165) is 75.5 Å². The monoisotopic (exact) mass is 695 g/mol. The molecule has 0 aromatic carbocycles. The number of ether oxygens (including phenoxy) is 3. The molecule has 0 saturated heterocycles. The van der Waals surface area contributed by atoms with Gasteiger partial charge in [-0.25, -0.2) is 0 Å². The highest BCUT2D eigenvalue weighted by Crippen LogP contribution is 2.16. The van der Waals surface area contributed by atoms with Crippen LogP contribution in [0.3, 0.4) is 0 Å². The van der Waals surface area contributed by atoms with Crippen LogP contribution in [0.5, 0.6) is 0 Å². The van der Waals surface area contributed by atoms with Gasteiger partial charge in [0.25, 0.3) is 0 Å². The van der Waals surface area contributed by atoms with Crippen molar-refractivity contribution in [3.8, 4) is 0 Å². The number of hydrogen-bond acceptors (Lipinski definition) is 6. The zero-order valence-corrected chi connectivity index (χ0v) is 33.5. The highest BCUT2D eigenvalue weighted by molar-refractivity contribution is 5.71. The molecule has 0 saturated carbocycles. The van der Waals surface area contributed by atoms with Crippen molar-refractivity contribution in [1.29, 1.82) is 0 Å². The van der Waals surface area contributed by atoms with E-state index < -0.39 is 6.10 Å². The van der Waals surface area contributed by atoms with E-state index in [1.807, 2.05) is 0 Å². The van der Waals surface area contributed by atoms with Crippen molar-refractivity contribution in [3.63, 3.8) is 0 Å². The van der Waals surface area contributed by atoms with Crippen LogP contribution in [0.25, 0.3) is 0 Å². The predicted molar refractivity (Wildman–Crippen MR) is 206 cm³/mol. The molecule has 0 bridgehead atoms. The highest BCUT2D eigenvalue weighted by Gasteiger charge is 2.19.